The number of imide groups is 2. The zero-order chi connectivity index (χ0) is 24.0. The molecule has 10 nitrogen and oxygen atoms in total. The van der Waals surface area contributed by atoms with Gasteiger partial charge in [0.1, 0.15) is 6.04 Å². The lowest BCUT2D eigenvalue weighted by Gasteiger charge is -2.38. The SMILES string of the molecule is CCn1cc(CN2CCC(O)(c3ccc4c(c3)C(=O)N(C3CCC(=O)NC3=O)C4=O)CC2)cn1. The topological polar surface area (TPSA) is 125 Å². The van der Waals surface area contributed by atoms with Gasteiger partial charge < -0.3 is 5.11 Å². The maximum atomic E-state index is 13.1. The first kappa shape index (κ1) is 22.4. The molecule has 1 unspecified atom stereocenters. The molecule has 2 fully saturated rings. The monoisotopic (exact) mass is 465 g/mol. The van der Waals surface area contributed by atoms with Gasteiger partial charge in [0.2, 0.25) is 11.8 Å². The molecule has 0 saturated carbocycles. The van der Waals surface area contributed by atoms with Gasteiger partial charge in [-0.25, -0.2) is 0 Å². The molecule has 2 aromatic rings. The fourth-order valence-electron chi connectivity index (χ4n) is 5.05. The zero-order valence-corrected chi connectivity index (χ0v) is 19.0. The lowest BCUT2D eigenvalue weighted by atomic mass is 9.83. The summed E-state index contributed by atoms with van der Waals surface area (Å²) < 4.78 is 1.89. The van der Waals surface area contributed by atoms with Crippen LogP contribution in [0.25, 0.3) is 0 Å². The van der Waals surface area contributed by atoms with Crippen LogP contribution in [0.4, 0.5) is 0 Å². The molecule has 4 amide bonds. The lowest BCUT2D eigenvalue weighted by Crippen LogP contribution is -2.54. The number of likely N-dealkylation sites (tertiary alicyclic amines) is 1. The second-order valence-electron chi connectivity index (χ2n) is 9.22. The number of amides is 4. The van der Waals surface area contributed by atoms with Crippen molar-refractivity contribution in [3.63, 3.8) is 0 Å². The van der Waals surface area contributed by atoms with E-state index >= 15 is 0 Å². The Labute approximate surface area is 196 Å². The fourth-order valence-corrected chi connectivity index (χ4v) is 5.05. The number of aromatic nitrogens is 2. The molecule has 3 aliphatic rings. The number of aliphatic hydroxyl groups is 1. The predicted molar refractivity (Wildman–Crippen MR) is 119 cm³/mol. The molecule has 0 bridgehead atoms. The number of benzene rings is 1. The molecule has 1 atom stereocenters. The molecule has 0 spiro atoms. The molecule has 5 rings (SSSR count). The summed E-state index contributed by atoms with van der Waals surface area (Å²) in [7, 11) is 0. The molecule has 2 N–H and O–H groups in total. The van der Waals surface area contributed by atoms with Crippen LogP contribution in [0.5, 0.6) is 0 Å². The van der Waals surface area contributed by atoms with E-state index in [0.29, 0.717) is 31.5 Å². The largest absolute Gasteiger partial charge is 0.385 e. The number of rotatable bonds is 5. The van der Waals surface area contributed by atoms with E-state index in [4.69, 9.17) is 0 Å². The van der Waals surface area contributed by atoms with Crippen molar-refractivity contribution in [2.75, 3.05) is 13.1 Å². The zero-order valence-electron chi connectivity index (χ0n) is 19.0. The van der Waals surface area contributed by atoms with Crippen LogP contribution >= 0.6 is 0 Å². The highest BCUT2D eigenvalue weighted by atomic mass is 16.3. The van der Waals surface area contributed by atoms with Gasteiger partial charge in [0.15, 0.2) is 0 Å². The number of carbonyl (C=O) groups is 4. The summed E-state index contributed by atoms with van der Waals surface area (Å²) in [6, 6.07) is 3.83. The Morgan fingerprint density at radius 2 is 1.85 bits per heavy atom. The molecule has 1 aromatic carbocycles. The van der Waals surface area contributed by atoms with Gasteiger partial charge in [0.25, 0.3) is 11.8 Å². The first-order chi connectivity index (χ1) is 16.3. The molecule has 0 radical (unpaired) electrons. The Morgan fingerprint density at radius 3 is 2.53 bits per heavy atom. The first-order valence-electron chi connectivity index (χ1n) is 11.6. The van der Waals surface area contributed by atoms with Crippen LogP contribution in [0.15, 0.2) is 30.6 Å². The van der Waals surface area contributed by atoms with E-state index in [-0.39, 0.29) is 24.0 Å². The molecular formula is C24H27N5O5. The highest BCUT2D eigenvalue weighted by molar-refractivity contribution is 6.23. The third kappa shape index (κ3) is 3.82. The van der Waals surface area contributed by atoms with Crippen molar-refractivity contribution in [2.45, 2.75) is 57.3 Å². The van der Waals surface area contributed by atoms with Gasteiger partial charge in [-0.2, -0.15) is 5.10 Å². The third-order valence-electron chi connectivity index (χ3n) is 7.08. The van der Waals surface area contributed by atoms with E-state index in [2.05, 4.69) is 15.3 Å². The molecule has 34 heavy (non-hydrogen) atoms. The molecule has 10 heteroatoms. The maximum Gasteiger partial charge on any atom is 0.262 e. The van der Waals surface area contributed by atoms with Gasteiger partial charge in [0, 0.05) is 44.4 Å². The maximum absolute atomic E-state index is 13.1. The average Bonchev–Trinajstić information content (AvgIpc) is 3.38. The van der Waals surface area contributed by atoms with Gasteiger partial charge in [-0.3, -0.25) is 39.0 Å². The van der Waals surface area contributed by atoms with E-state index in [1.807, 2.05) is 24.0 Å². The summed E-state index contributed by atoms with van der Waals surface area (Å²) in [5.41, 5.74) is 1.02. The Morgan fingerprint density at radius 1 is 1.12 bits per heavy atom. The molecule has 4 heterocycles. The van der Waals surface area contributed by atoms with Crippen LogP contribution in [-0.4, -0.2) is 67.4 Å². The van der Waals surface area contributed by atoms with Gasteiger partial charge >= 0.3 is 0 Å². The average molecular weight is 466 g/mol. The Hall–Kier alpha value is -3.37. The number of carbonyl (C=O) groups excluding carboxylic acids is 4. The predicted octanol–water partition coefficient (Wildman–Crippen LogP) is 0.788. The number of nitrogens with one attached hydrogen (secondary N) is 1. The van der Waals surface area contributed by atoms with Crippen LogP contribution in [0, 0.1) is 0 Å². The third-order valence-corrected chi connectivity index (χ3v) is 7.08. The van der Waals surface area contributed by atoms with E-state index in [1.54, 1.807) is 18.2 Å². The van der Waals surface area contributed by atoms with Crippen molar-refractivity contribution in [1.29, 1.82) is 0 Å². The number of aryl methyl sites for hydroxylation is 1. The number of piperidine rings is 2. The number of fused-ring (bicyclic) bond motifs is 1. The standard InChI is InChI=1S/C24H27N5O5/c1-2-28-14-15(12-25-28)13-27-9-7-24(34,8-10-27)16-3-4-17-18(11-16)23(33)29(22(17)32)19-5-6-20(30)26-21(19)31/h3-4,11-12,14,19,34H,2,5-10,13H2,1H3,(H,26,30,31). The van der Waals surface area contributed by atoms with Crippen LogP contribution in [0.1, 0.15) is 64.4 Å². The summed E-state index contributed by atoms with van der Waals surface area (Å²) in [6.07, 6.45) is 5.06. The fraction of sp³-hybridized carbons (Fsp3) is 0.458. The summed E-state index contributed by atoms with van der Waals surface area (Å²) in [6.45, 7) is 4.98. The van der Waals surface area contributed by atoms with Crippen molar-refractivity contribution in [3.05, 3.63) is 52.8 Å². The lowest BCUT2D eigenvalue weighted by molar-refractivity contribution is -0.136. The quantitative estimate of drug-likeness (QED) is 0.626. The van der Waals surface area contributed by atoms with Crippen molar-refractivity contribution < 1.29 is 24.3 Å². The van der Waals surface area contributed by atoms with Crippen molar-refractivity contribution in [3.8, 4) is 0 Å². The molecule has 2 saturated heterocycles. The van der Waals surface area contributed by atoms with E-state index < -0.39 is 35.3 Å². The second-order valence-corrected chi connectivity index (χ2v) is 9.22. The molecule has 1 aromatic heterocycles. The molecule has 0 aliphatic carbocycles. The Bertz CT molecular complexity index is 1180. The first-order valence-corrected chi connectivity index (χ1v) is 11.6. The minimum absolute atomic E-state index is 0.0740. The van der Waals surface area contributed by atoms with Crippen LogP contribution < -0.4 is 5.32 Å². The van der Waals surface area contributed by atoms with Crippen molar-refractivity contribution in [1.82, 2.24) is 24.9 Å². The number of nitrogens with zero attached hydrogens (tertiary/aromatic N) is 4. The number of hydrogen-bond donors (Lipinski definition) is 2. The van der Waals surface area contributed by atoms with Gasteiger partial charge in [-0.15, -0.1) is 0 Å². The highest BCUT2D eigenvalue weighted by Crippen LogP contribution is 2.36. The van der Waals surface area contributed by atoms with Crippen LogP contribution in [-0.2, 0) is 28.3 Å². The van der Waals surface area contributed by atoms with E-state index in [0.717, 1.165) is 23.6 Å². The highest BCUT2D eigenvalue weighted by Gasteiger charge is 2.45. The smallest absolute Gasteiger partial charge is 0.262 e. The number of hydrogen-bond acceptors (Lipinski definition) is 7. The molecule has 3 aliphatic heterocycles. The Balaban J connectivity index is 1.30. The van der Waals surface area contributed by atoms with Crippen molar-refractivity contribution >= 4 is 23.6 Å². The Kier molecular flexibility index (Phi) is 5.57. The second kappa shape index (κ2) is 8.44. The van der Waals surface area contributed by atoms with Gasteiger partial charge in [-0.05, 0) is 43.9 Å². The molecular weight excluding hydrogens is 438 g/mol. The normalized spacial score (nSPS) is 22.8. The minimum Gasteiger partial charge on any atom is -0.385 e. The minimum atomic E-state index is -1.11. The van der Waals surface area contributed by atoms with E-state index in [1.165, 1.54) is 0 Å². The molecule has 178 valence electrons. The van der Waals surface area contributed by atoms with Gasteiger partial charge in [0.05, 0.1) is 22.9 Å². The summed E-state index contributed by atoms with van der Waals surface area (Å²) >= 11 is 0. The summed E-state index contributed by atoms with van der Waals surface area (Å²) in [5, 5.41) is 17.9. The van der Waals surface area contributed by atoms with Crippen LogP contribution in [0.3, 0.4) is 0 Å². The van der Waals surface area contributed by atoms with Crippen molar-refractivity contribution in [2.24, 2.45) is 0 Å². The van der Waals surface area contributed by atoms with Gasteiger partial charge in [-0.1, -0.05) is 6.07 Å². The van der Waals surface area contributed by atoms with E-state index in [9.17, 15) is 24.3 Å². The summed E-state index contributed by atoms with van der Waals surface area (Å²) in [5.74, 6) is -2.16. The summed E-state index contributed by atoms with van der Waals surface area (Å²) in [4.78, 5) is 52.9. The van der Waals surface area contributed by atoms with Crippen LogP contribution in [0.2, 0.25) is 0 Å².